The van der Waals surface area contributed by atoms with Crippen molar-refractivity contribution < 1.29 is 13.2 Å². The van der Waals surface area contributed by atoms with Crippen molar-refractivity contribution in [2.75, 3.05) is 11.4 Å². The number of nitrogens with zero attached hydrogens (tertiary/aromatic N) is 2. The highest BCUT2D eigenvalue weighted by Crippen LogP contribution is 2.35. The van der Waals surface area contributed by atoms with Crippen molar-refractivity contribution in [2.45, 2.75) is 45.8 Å². The highest BCUT2D eigenvalue weighted by atomic mass is 35.5. The van der Waals surface area contributed by atoms with E-state index in [-0.39, 0.29) is 5.02 Å². The molecule has 0 N–H and O–H groups in total. The van der Waals surface area contributed by atoms with Gasteiger partial charge in [-0.25, -0.2) is 0 Å². The average molecular weight is 433 g/mol. The molecule has 0 atom stereocenters. The molecule has 2 heterocycles. The molecule has 4 rings (SSSR count). The van der Waals surface area contributed by atoms with Crippen molar-refractivity contribution in [1.29, 1.82) is 0 Å². The summed E-state index contributed by atoms with van der Waals surface area (Å²) < 4.78 is 41.1. The number of benzene rings is 2. The lowest BCUT2D eigenvalue weighted by Gasteiger charge is -2.26. The van der Waals surface area contributed by atoms with E-state index in [0.29, 0.717) is 12.1 Å². The summed E-state index contributed by atoms with van der Waals surface area (Å²) in [6.07, 6.45) is -1.29. The molecule has 2 nitrogen and oxygen atoms in total. The number of rotatable bonds is 3. The Hall–Kier alpha value is -2.40. The Morgan fingerprint density at radius 2 is 1.67 bits per heavy atom. The molecule has 30 heavy (non-hydrogen) atoms. The van der Waals surface area contributed by atoms with Crippen molar-refractivity contribution in [3.63, 3.8) is 0 Å². The minimum atomic E-state index is -4.39. The van der Waals surface area contributed by atoms with E-state index in [1.165, 1.54) is 23.0 Å². The Morgan fingerprint density at radius 3 is 2.33 bits per heavy atom. The number of alkyl halides is 3. The van der Waals surface area contributed by atoms with Crippen LogP contribution in [0.2, 0.25) is 5.02 Å². The quantitative estimate of drug-likeness (QED) is 0.428. The maximum Gasteiger partial charge on any atom is 0.416 e. The van der Waals surface area contributed by atoms with Gasteiger partial charge in [-0.3, -0.25) is 0 Å². The number of hydrogen-bond acceptors (Lipinski definition) is 1. The van der Waals surface area contributed by atoms with Gasteiger partial charge in [-0.2, -0.15) is 13.2 Å². The van der Waals surface area contributed by atoms with E-state index in [2.05, 4.69) is 53.6 Å². The van der Waals surface area contributed by atoms with Gasteiger partial charge in [0.25, 0.3) is 0 Å². The number of fused-ring (bicyclic) bond motifs is 1. The molecule has 0 saturated carbocycles. The van der Waals surface area contributed by atoms with Gasteiger partial charge in [-0.1, -0.05) is 17.7 Å². The van der Waals surface area contributed by atoms with Gasteiger partial charge >= 0.3 is 6.18 Å². The van der Waals surface area contributed by atoms with Crippen LogP contribution >= 0.6 is 11.6 Å². The van der Waals surface area contributed by atoms with Gasteiger partial charge in [0, 0.05) is 40.9 Å². The second-order valence-corrected chi connectivity index (χ2v) is 8.35. The third-order valence-electron chi connectivity index (χ3n) is 5.80. The van der Waals surface area contributed by atoms with Gasteiger partial charge in [0.15, 0.2) is 0 Å². The molecule has 0 radical (unpaired) electrons. The minimum absolute atomic E-state index is 0.158. The lowest BCUT2D eigenvalue weighted by molar-refractivity contribution is -0.137. The summed E-state index contributed by atoms with van der Waals surface area (Å²) in [5, 5.41) is 0.158. The van der Waals surface area contributed by atoms with Crippen LogP contribution < -0.4 is 4.90 Å². The summed E-state index contributed by atoms with van der Waals surface area (Å²) in [7, 11) is 0. The van der Waals surface area contributed by atoms with Gasteiger partial charge in [0.2, 0.25) is 0 Å². The highest BCUT2D eigenvalue weighted by Gasteiger charge is 2.31. The van der Waals surface area contributed by atoms with Crippen molar-refractivity contribution in [3.05, 3.63) is 81.6 Å². The molecule has 0 spiro atoms. The van der Waals surface area contributed by atoms with E-state index >= 15 is 0 Å². The van der Waals surface area contributed by atoms with Crippen molar-refractivity contribution >= 4 is 17.3 Å². The van der Waals surface area contributed by atoms with Crippen molar-refractivity contribution in [1.82, 2.24) is 4.57 Å². The number of anilines is 1. The number of halogens is 4. The number of aromatic nitrogens is 1. The predicted molar refractivity (Wildman–Crippen MR) is 116 cm³/mol. The van der Waals surface area contributed by atoms with Crippen LogP contribution in [0.5, 0.6) is 0 Å². The summed E-state index contributed by atoms with van der Waals surface area (Å²) >= 11 is 6.22. The SMILES string of the molecule is Cc1ccc(C)n1-c1ccc2c(c1)CCCCN2Cc1ccc(C(F)(F)F)cc1Cl. The van der Waals surface area contributed by atoms with Crippen LogP contribution in [0.15, 0.2) is 48.5 Å². The molecule has 0 fully saturated rings. The van der Waals surface area contributed by atoms with Gasteiger partial charge < -0.3 is 9.47 Å². The molecule has 0 saturated heterocycles. The molecule has 1 aromatic heterocycles. The third-order valence-corrected chi connectivity index (χ3v) is 6.15. The molecule has 1 aliphatic heterocycles. The molecule has 0 aliphatic carbocycles. The Kier molecular flexibility index (Phi) is 5.58. The monoisotopic (exact) mass is 432 g/mol. The minimum Gasteiger partial charge on any atom is -0.367 e. The van der Waals surface area contributed by atoms with Gasteiger partial charge in [0.1, 0.15) is 0 Å². The summed E-state index contributed by atoms with van der Waals surface area (Å²) in [6, 6.07) is 14.3. The van der Waals surface area contributed by atoms with E-state index in [0.717, 1.165) is 49.3 Å². The van der Waals surface area contributed by atoms with Crippen molar-refractivity contribution in [2.24, 2.45) is 0 Å². The average Bonchev–Trinajstić information content (AvgIpc) is 2.90. The lowest BCUT2D eigenvalue weighted by atomic mass is 10.1. The van der Waals surface area contributed by atoms with E-state index in [4.69, 9.17) is 11.6 Å². The standard InChI is InChI=1S/C24H24ClF3N2/c1-16-6-7-17(2)30(16)21-10-11-23-18(13-21)5-3-4-12-29(23)15-19-8-9-20(14-22(19)25)24(26,27)28/h6-11,13-14H,3-5,12,15H2,1-2H3. The zero-order valence-corrected chi connectivity index (χ0v) is 17.8. The molecule has 6 heteroatoms. The summed E-state index contributed by atoms with van der Waals surface area (Å²) in [5.41, 5.74) is 5.91. The van der Waals surface area contributed by atoms with Crippen LogP contribution in [0.1, 0.15) is 40.9 Å². The van der Waals surface area contributed by atoms with E-state index in [1.54, 1.807) is 0 Å². The van der Waals surface area contributed by atoms with E-state index in [1.807, 2.05) is 0 Å². The zero-order valence-electron chi connectivity index (χ0n) is 17.1. The molecule has 1 aliphatic rings. The smallest absolute Gasteiger partial charge is 0.367 e. The Bertz CT molecular complexity index is 1050. The highest BCUT2D eigenvalue weighted by molar-refractivity contribution is 6.31. The Morgan fingerprint density at radius 1 is 0.933 bits per heavy atom. The van der Waals surface area contributed by atoms with E-state index in [9.17, 15) is 13.2 Å². The third kappa shape index (κ3) is 4.08. The fourth-order valence-electron chi connectivity index (χ4n) is 4.26. The Labute approximate surface area is 179 Å². The summed E-state index contributed by atoms with van der Waals surface area (Å²) in [5.74, 6) is 0. The maximum atomic E-state index is 12.9. The summed E-state index contributed by atoms with van der Waals surface area (Å²) in [4.78, 5) is 2.23. The maximum absolute atomic E-state index is 12.9. The van der Waals surface area contributed by atoms with E-state index < -0.39 is 11.7 Å². The van der Waals surface area contributed by atoms with Gasteiger partial charge in [0.05, 0.1) is 5.56 Å². The topological polar surface area (TPSA) is 8.17 Å². The van der Waals surface area contributed by atoms with Crippen LogP contribution in [0.25, 0.3) is 5.69 Å². The van der Waals surface area contributed by atoms with Crippen LogP contribution in [-0.2, 0) is 19.1 Å². The number of hydrogen-bond donors (Lipinski definition) is 0. The first-order valence-corrected chi connectivity index (χ1v) is 10.5. The second kappa shape index (κ2) is 8.03. The first kappa shape index (κ1) is 20.9. The molecule has 3 aromatic rings. The molecule has 0 unspecified atom stereocenters. The lowest BCUT2D eigenvalue weighted by Crippen LogP contribution is -2.24. The molecule has 0 bridgehead atoms. The normalized spacial score (nSPS) is 14.5. The van der Waals surface area contributed by atoms with Crippen molar-refractivity contribution in [3.8, 4) is 5.69 Å². The van der Waals surface area contributed by atoms with Crippen LogP contribution in [0.4, 0.5) is 18.9 Å². The molecular formula is C24H24ClF3N2. The van der Waals surface area contributed by atoms with Gasteiger partial charge in [-0.05, 0) is 86.7 Å². The Balaban J connectivity index is 1.66. The zero-order chi connectivity index (χ0) is 21.5. The fraction of sp³-hybridized carbons (Fsp3) is 0.333. The molecule has 158 valence electrons. The van der Waals surface area contributed by atoms with Crippen LogP contribution in [-0.4, -0.2) is 11.1 Å². The fourth-order valence-corrected chi connectivity index (χ4v) is 4.50. The summed E-state index contributed by atoms with van der Waals surface area (Å²) in [6.45, 7) is 5.53. The first-order valence-electron chi connectivity index (χ1n) is 10.1. The molecule has 0 amide bonds. The molecular weight excluding hydrogens is 409 g/mol. The largest absolute Gasteiger partial charge is 0.416 e. The first-order chi connectivity index (χ1) is 14.2. The van der Waals surface area contributed by atoms with Gasteiger partial charge in [-0.15, -0.1) is 0 Å². The molecule has 2 aromatic carbocycles. The predicted octanol–water partition coefficient (Wildman–Crippen LogP) is 7.11. The number of aryl methyl sites for hydroxylation is 3. The second-order valence-electron chi connectivity index (χ2n) is 7.95. The van der Waals surface area contributed by atoms with Crippen LogP contribution in [0, 0.1) is 13.8 Å². The van der Waals surface area contributed by atoms with Crippen LogP contribution in [0.3, 0.4) is 0 Å².